The van der Waals surface area contributed by atoms with E-state index in [4.69, 9.17) is 0 Å². The minimum absolute atomic E-state index is 0.163. The van der Waals surface area contributed by atoms with Crippen molar-refractivity contribution in [3.05, 3.63) is 74.4 Å². The van der Waals surface area contributed by atoms with Crippen LogP contribution in [0.15, 0.2) is 57.5 Å². The van der Waals surface area contributed by atoms with Gasteiger partial charge in [-0.2, -0.15) is 0 Å². The first-order valence-electron chi connectivity index (χ1n) is 5.49. The van der Waals surface area contributed by atoms with E-state index >= 15 is 0 Å². The van der Waals surface area contributed by atoms with Crippen molar-refractivity contribution < 1.29 is 9.18 Å². The Morgan fingerprint density at radius 3 is 2.47 bits per heavy atom. The van der Waals surface area contributed by atoms with Crippen LogP contribution in [-0.4, -0.2) is 5.78 Å². The molecule has 0 aromatic heterocycles. The van der Waals surface area contributed by atoms with Gasteiger partial charge in [0, 0.05) is 20.1 Å². The van der Waals surface area contributed by atoms with Crippen molar-refractivity contribution >= 4 is 43.7 Å². The Hall–Kier alpha value is -1.26. The molecular weight excluding hydrogens is 375 g/mol. The first kappa shape index (κ1) is 14.2. The van der Waals surface area contributed by atoms with Crippen molar-refractivity contribution in [1.82, 2.24) is 0 Å². The summed E-state index contributed by atoms with van der Waals surface area (Å²) in [5, 5.41) is 0. The zero-order chi connectivity index (χ0) is 13.8. The molecule has 0 aliphatic heterocycles. The Labute approximate surface area is 127 Å². The number of carbonyl (C=O) groups excluding carboxylic acids is 1. The SMILES string of the molecule is O=C(/C=C/c1ccc(Br)cc1F)c1cccc(Br)c1. The highest BCUT2D eigenvalue weighted by atomic mass is 79.9. The molecule has 96 valence electrons. The summed E-state index contributed by atoms with van der Waals surface area (Å²) < 4.78 is 15.1. The molecule has 4 heteroatoms. The molecule has 0 aliphatic rings. The van der Waals surface area contributed by atoms with Crippen LogP contribution in [0.3, 0.4) is 0 Å². The maximum Gasteiger partial charge on any atom is 0.185 e. The zero-order valence-corrected chi connectivity index (χ0v) is 12.9. The van der Waals surface area contributed by atoms with E-state index in [-0.39, 0.29) is 11.6 Å². The first-order valence-corrected chi connectivity index (χ1v) is 7.08. The fourth-order valence-electron chi connectivity index (χ4n) is 1.54. The molecule has 2 rings (SSSR count). The predicted molar refractivity (Wildman–Crippen MR) is 81.6 cm³/mol. The maximum atomic E-state index is 13.6. The Bertz CT molecular complexity index is 650. The summed E-state index contributed by atoms with van der Waals surface area (Å²) in [6, 6.07) is 11.8. The molecule has 19 heavy (non-hydrogen) atoms. The van der Waals surface area contributed by atoms with E-state index in [1.165, 1.54) is 18.2 Å². The Morgan fingerprint density at radius 2 is 1.79 bits per heavy atom. The monoisotopic (exact) mass is 382 g/mol. The Balaban J connectivity index is 2.21. The van der Waals surface area contributed by atoms with E-state index < -0.39 is 0 Å². The molecule has 0 saturated heterocycles. The highest BCUT2D eigenvalue weighted by Crippen LogP contribution is 2.17. The lowest BCUT2D eigenvalue weighted by atomic mass is 10.1. The molecule has 0 unspecified atom stereocenters. The lowest BCUT2D eigenvalue weighted by molar-refractivity contribution is 0.104. The normalized spacial score (nSPS) is 10.9. The average molecular weight is 384 g/mol. The fourth-order valence-corrected chi connectivity index (χ4v) is 2.27. The second-order valence-corrected chi connectivity index (χ2v) is 5.71. The molecule has 1 nitrogen and oxygen atoms in total. The second kappa shape index (κ2) is 6.26. The summed E-state index contributed by atoms with van der Waals surface area (Å²) in [6.07, 6.45) is 2.85. The van der Waals surface area contributed by atoms with Crippen LogP contribution in [0.5, 0.6) is 0 Å². The minimum atomic E-state index is -0.368. The van der Waals surface area contributed by atoms with Gasteiger partial charge in [-0.3, -0.25) is 4.79 Å². The molecule has 0 fully saturated rings. The van der Waals surface area contributed by atoms with Crippen molar-refractivity contribution in [3.63, 3.8) is 0 Å². The number of ketones is 1. The molecule has 0 aliphatic carbocycles. The quantitative estimate of drug-likeness (QED) is 0.522. The molecule has 0 spiro atoms. The largest absolute Gasteiger partial charge is 0.289 e. The van der Waals surface area contributed by atoms with Gasteiger partial charge >= 0.3 is 0 Å². The molecule has 2 aromatic rings. The fraction of sp³-hybridized carbons (Fsp3) is 0. The number of allylic oxidation sites excluding steroid dienone is 1. The molecule has 0 heterocycles. The first-order chi connectivity index (χ1) is 9.06. The third-order valence-electron chi connectivity index (χ3n) is 2.49. The molecule has 2 aromatic carbocycles. The van der Waals surface area contributed by atoms with Gasteiger partial charge in [0.1, 0.15) is 5.82 Å². The molecule has 0 atom stereocenters. The number of carbonyl (C=O) groups is 1. The van der Waals surface area contributed by atoms with E-state index in [2.05, 4.69) is 31.9 Å². The van der Waals surface area contributed by atoms with Gasteiger partial charge in [0.15, 0.2) is 5.78 Å². The number of hydrogen-bond acceptors (Lipinski definition) is 1. The average Bonchev–Trinajstić information content (AvgIpc) is 2.37. The van der Waals surface area contributed by atoms with Crippen molar-refractivity contribution in [2.75, 3.05) is 0 Å². The van der Waals surface area contributed by atoms with Crippen LogP contribution in [0.1, 0.15) is 15.9 Å². The van der Waals surface area contributed by atoms with Crippen LogP contribution in [-0.2, 0) is 0 Å². The third kappa shape index (κ3) is 3.85. The lowest BCUT2D eigenvalue weighted by Crippen LogP contribution is -1.93. The van der Waals surface area contributed by atoms with Gasteiger partial charge in [-0.15, -0.1) is 0 Å². The number of rotatable bonds is 3. The van der Waals surface area contributed by atoms with Gasteiger partial charge in [0.05, 0.1) is 0 Å². The zero-order valence-electron chi connectivity index (χ0n) is 9.74. The van der Waals surface area contributed by atoms with Gasteiger partial charge in [0.25, 0.3) is 0 Å². The lowest BCUT2D eigenvalue weighted by Gasteiger charge is -1.98. The number of benzene rings is 2. The highest BCUT2D eigenvalue weighted by molar-refractivity contribution is 9.10. The predicted octanol–water partition coefficient (Wildman–Crippen LogP) is 5.25. The van der Waals surface area contributed by atoms with Gasteiger partial charge in [-0.25, -0.2) is 4.39 Å². The highest BCUT2D eigenvalue weighted by Gasteiger charge is 2.03. The van der Waals surface area contributed by atoms with Crippen LogP contribution in [0.25, 0.3) is 6.08 Å². The molecule has 0 radical (unpaired) electrons. The Kier molecular flexibility index (Phi) is 4.66. The van der Waals surface area contributed by atoms with E-state index in [1.54, 1.807) is 30.3 Å². The number of hydrogen-bond donors (Lipinski definition) is 0. The van der Waals surface area contributed by atoms with Gasteiger partial charge in [-0.1, -0.05) is 50.1 Å². The molecular formula is C15H9Br2FO. The molecule has 0 amide bonds. The molecule has 0 saturated carbocycles. The maximum absolute atomic E-state index is 13.6. The topological polar surface area (TPSA) is 17.1 Å². The van der Waals surface area contributed by atoms with Crippen molar-refractivity contribution in [3.8, 4) is 0 Å². The number of halogens is 3. The summed E-state index contributed by atoms with van der Waals surface area (Å²) in [6.45, 7) is 0. The van der Waals surface area contributed by atoms with Crippen LogP contribution >= 0.6 is 31.9 Å². The van der Waals surface area contributed by atoms with Crippen LogP contribution in [0, 0.1) is 5.82 Å². The summed E-state index contributed by atoms with van der Waals surface area (Å²) in [7, 11) is 0. The summed E-state index contributed by atoms with van der Waals surface area (Å²) in [5.41, 5.74) is 0.940. The Morgan fingerprint density at radius 1 is 1.05 bits per heavy atom. The summed E-state index contributed by atoms with van der Waals surface area (Å²) >= 11 is 6.49. The molecule has 0 N–H and O–H groups in total. The molecule has 0 bridgehead atoms. The van der Waals surface area contributed by atoms with Crippen molar-refractivity contribution in [1.29, 1.82) is 0 Å². The van der Waals surface area contributed by atoms with Crippen molar-refractivity contribution in [2.45, 2.75) is 0 Å². The standard InChI is InChI=1S/C15H9Br2FO/c16-12-3-1-2-11(8-12)15(19)7-5-10-4-6-13(17)9-14(10)18/h1-9H/b7-5+. The van der Waals surface area contributed by atoms with Crippen LogP contribution in [0.4, 0.5) is 4.39 Å². The van der Waals surface area contributed by atoms with Gasteiger partial charge < -0.3 is 0 Å². The third-order valence-corrected chi connectivity index (χ3v) is 3.47. The summed E-state index contributed by atoms with van der Waals surface area (Å²) in [4.78, 5) is 11.9. The van der Waals surface area contributed by atoms with E-state index in [0.29, 0.717) is 15.6 Å². The van der Waals surface area contributed by atoms with Gasteiger partial charge in [-0.05, 0) is 36.4 Å². The van der Waals surface area contributed by atoms with Crippen LogP contribution in [0.2, 0.25) is 0 Å². The smallest absolute Gasteiger partial charge is 0.185 e. The van der Waals surface area contributed by atoms with Crippen LogP contribution < -0.4 is 0 Å². The van der Waals surface area contributed by atoms with E-state index in [0.717, 1.165) is 4.47 Å². The minimum Gasteiger partial charge on any atom is -0.289 e. The van der Waals surface area contributed by atoms with E-state index in [1.807, 2.05) is 6.07 Å². The van der Waals surface area contributed by atoms with E-state index in [9.17, 15) is 9.18 Å². The van der Waals surface area contributed by atoms with Gasteiger partial charge in [0.2, 0.25) is 0 Å². The van der Waals surface area contributed by atoms with Crippen molar-refractivity contribution in [2.24, 2.45) is 0 Å². The second-order valence-electron chi connectivity index (χ2n) is 3.87. The summed E-state index contributed by atoms with van der Waals surface area (Å²) in [5.74, 6) is -0.531.